The third-order valence-corrected chi connectivity index (χ3v) is 4.12. The monoisotopic (exact) mass is 275 g/mol. The van der Waals surface area contributed by atoms with Crippen LogP contribution in [0.2, 0.25) is 0 Å². The Morgan fingerprint density at radius 3 is 2.35 bits per heavy atom. The van der Waals surface area contributed by atoms with E-state index in [1.54, 1.807) is 7.05 Å². The predicted octanol–water partition coefficient (Wildman–Crippen LogP) is 1.27. The molecule has 4 nitrogen and oxygen atoms in total. The number of benzene rings is 1. The first kappa shape index (κ1) is 15.1. The van der Waals surface area contributed by atoms with Gasteiger partial charge in [-0.1, -0.05) is 24.3 Å². The molecule has 1 fully saturated rings. The normalized spacial score (nSPS) is 19.9. The highest BCUT2D eigenvalue weighted by molar-refractivity contribution is 6.62. The summed E-state index contributed by atoms with van der Waals surface area (Å²) in [7, 11) is 1.25. The zero-order valence-electron chi connectivity index (χ0n) is 12.8. The Kier molecular flexibility index (Phi) is 3.94. The van der Waals surface area contributed by atoms with Gasteiger partial charge in [-0.15, -0.1) is 0 Å². The third-order valence-electron chi connectivity index (χ3n) is 4.12. The van der Waals surface area contributed by atoms with Crippen LogP contribution in [0.4, 0.5) is 0 Å². The summed E-state index contributed by atoms with van der Waals surface area (Å²) in [6, 6.07) is 7.80. The van der Waals surface area contributed by atoms with E-state index in [4.69, 9.17) is 9.31 Å². The van der Waals surface area contributed by atoms with Crippen LogP contribution in [0.5, 0.6) is 0 Å². The van der Waals surface area contributed by atoms with Gasteiger partial charge in [0.15, 0.2) is 0 Å². The number of amides is 1. The second-order valence-corrected chi connectivity index (χ2v) is 6.18. The van der Waals surface area contributed by atoms with Gasteiger partial charge in [0.2, 0.25) is 5.91 Å². The van der Waals surface area contributed by atoms with Crippen molar-refractivity contribution >= 4 is 18.5 Å². The Balaban J connectivity index is 2.19. The van der Waals surface area contributed by atoms with E-state index in [1.165, 1.54) is 0 Å². The lowest BCUT2D eigenvalue weighted by atomic mass is 9.78. The number of likely N-dealkylation sites (N-methyl/N-ethyl adjacent to an activating group) is 1. The molecule has 108 valence electrons. The van der Waals surface area contributed by atoms with Crippen LogP contribution < -0.4 is 10.8 Å². The number of nitrogens with one attached hydrogen (secondary N) is 1. The van der Waals surface area contributed by atoms with Crippen molar-refractivity contribution in [1.29, 1.82) is 0 Å². The SMILES string of the molecule is CNC(=O)Cc1cccc(B2OC(C)(C)C(C)(C)O2)c1. The molecule has 0 bridgehead atoms. The maximum Gasteiger partial charge on any atom is 0.494 e. The Morgan fingerprint density at radius 2 is 1.80 bits per heavy atom. The van der Waals surface area contributed by atoms with Crippen LogP contribution in [0, 0.1) is 0 Å². The van der Waals surface area contributed by atoms with E-state index in [-0.39, 0.29) is 24.2 Å². The summed E-state index contributed by atoms with van der Waals surface area (Å²) in [6.45, 7) is 8.12. The minimum Gasteiger partial charge on any atom is -0.399 e. The van der Waals surface area contributed by atoms with Crippen molar-refractivity contribution in [3.8, 4) is 0 Å². The highest BCUT2D eigenvalue weighted by Crippen LogP contribution is 2.36. The molecule has 1 aliphatic heterocycles. The van der Waals surface area contributed by atoms with Crippen LogP contribution in [0.15, 0.2) is 24.3 Å². The van der Waals surface area contributed by atoms with Crippen molar-refractivity contribution in [2.45, 2.75) is 45.3 Å². The molecule has 1 aromatic carbocycles. The minimum atomic E-state index is -0.385. The van der Waals surface area contributed by atoms with Crippen LogP contribution in [0.3, 0.4) is 0 Å². The second-order valence-electron chi connectivity index (χ2n) is 6.18. The quantitative estimate of drug-likeness (QED) is 0.845. The van der Waals surface area contributed by atoms with E-state index in [0.717, 1.165) is 11.0 Å². The second kappa shape index (κ2) is 5.22. The molecule has 1 amide bonds. The third kappa shape index (κ3) is 2.89. The Labute approximate surface area is 121 Å². The molecule has 20 heavy (non-hydrogen) atoms. The predicted molar refractivity (Wildman–Crippen MR) is 79.9 cm³/mol. The molecule has 1 N–H and O–H groups in total. The number of carbonyl (C=O) groups is 1. The lowest BCUT2D eigenvalue weighted by molar-refractivity contribution is -0.119. The maximum atomic E-state index is 11.4. The van der Waals surface area contributed by atoms with Crippen molar-refractivity contribution in [3.63, 3.8) is 0 Å². The van der Waals surface area contributed by atoms with E-state index in [0.29, 0.717) is 6.42 Å². The van der Waals surface area contributed by atoms with Crippen LogP contribution >= 0.6 is 0 Å². The van der Waals surface area contributed by atoms with E-state index in [1.807, 2.05) is 52.0 Å². The standard InChI is InChI=1S/C15H22BNO3/c1-14(2)15(3,4)20-16(19-14)12-8-6-7-11(9-12)10-13(18)17-5/h6-9H,10H2,1-5H3,(H,17,18). The average molecular weight is 275 g/mol. The number of carbonyl (C=O) groups excluding carboxylic acids is 1. The molecular weight excluding hydrogens is 253 g/mol. The summed E-state index contributed by atoms with van der Waals surface area (Å²) in [5, 5.41) is 2.63. The summed E-state index contributed by atoms with van der Waals surface area (Å²) in [5.74, 6) is -0.00364. The highest BCUT2D eigenvalue weighted by atomic mass is 16.7. The van der Waals surface area contributed by atoms with E-state index in [2.05, 4.69) is 5.32 Å². The van der Waals surface area contributed by atoms with E-state index in [9.17, 15) is 4.79 Å². The molecule has 0 spiro atoms. The molecule has 5 heteroatoms. The number of hydrogen-bond donors (Lipinski definition) is 1. The van der Waals surface area contributed by atoms with Crippen molar-refractivity contribution in [3.05, 3.63) is 29.8 Å². The van der Waals surface area contributed by atoms with Gasteiger partial charge in [-0.3, -0.25) is 4.79 Å². The molecule has 2 rings (SSSR count). The Hall–Kier alpha value is -1.33. The van der Waals surface area contributed by atoms with Gasteiger partial charge in [-0.2, -0.15) is 0 Å². The fraction of sp³-hybridized carbons (Fsp3) is 0.533. The summed E-state index contributed by atoms with van der Waals surface area (Å²) in [5.41, 5.74) is 1.20. The molecule has 0 saturated carbocycles. The highest BCUT2D eigenvalue weighted by Gasteiger charge is 2.51. The molecule has 1 aliphatic rings. The van der Waals surface area contributed by atoms with Gasteiger partial charge >= 0.3 is 7.12 Å². The Bertz CT molecular complexity index is 498. The summed E-state index contributed by atoms with van der Waals surface area (Å²) < 4.78 is 12.0. The largest absolute Gasteiger partial charge is 0.494 e. The smallest absolute Gasteiger partial charge is 0.399 e. The van der Waals surface area contributed by atoms with Gasteiger partial charge in [0.25, 0.3) is 0 Å². The Morgan fingerprint density at radius 1 is 1.20 bits per heavy atom. The van der Waals surface area contributed by atoms with E-state index < -0.39 is 0 Å². The number of hydrogen-bond acceptors (Lipinski definition) is 3. The zero-order valence-corrected chi connectivity index (χ0v) is 12.8. The number of rotatable bonds is 3. The van der Waals surface area contributed by atoms with Gasteiger partial charge in [-0.25, -0.2) is 0 Å². The fourth-order valence-corrected chi connectivity index (χ4v) is 2.10. The molecule has 0 radical (unpaired) electrons. The summed E-state index contributed by atoms with van der Waals surface area (Å²) in [4.78, 5) is 11.4. The topological polar surface area (TPSA) is 47.6 Å². The van der Waals surface area contributed by atoms with E-state index >= 15 is 0 Å². The molecule has 0 unspecified atom stereocenters. The summed E-state index contributed by atoms with van der Waals surface area (Å²) in [6.07, 6.45) is 0.365. The molecule has 1 heterocycles. The minimum absolute atomic E-state index is 0.00364. The fourth-order valence-electron chi connectivity index (χ4n) is 2.10. The van der Waals surface area contributed by atoms with Crippen molar-refractivity contribution < 1.29 is 14.1 Å². The van der Waals surface area contributed by atoms with Crippen LogP contribution in [-0.2, 0) is 20.5 Å². The van der Waals surface area contributed by atoms with Gasteiger partial charge < -0.3 is 14.6 Å². The van der Waals surface area contributed by atoms with Crippen molar-refractivity contribution in [2.24, 2.45) is 0 Å². The molecule has 0 atom stereocenters. The average Bonchev–Trinajstić information content (AvgIpc) is 2.59. The van der Waals surface area contributed by atoms with Crippen LogP contribution in [0.1, 0.15) is 33.3 Å². The first-order valence-corrected chi connectivity index (χ1v) is 6.90. The first-order valence-electron chi connectivity index (χ1n) is 6.90. The van der Waals surface area contributed by atoms with Crippen molar-refractivity contribution in [2.75, 3.05) is 7.05 Å². The summed E-state index contributed by atoms with van der Waals surface area (Å²) >= 11 is 0. The van der Waals surface area contributed by atoms with Crippen LogP contribution in [0.25, 0.3) is 0 Å². The van der Waals surface area contributed by atoms with Crippen molar-refractivity contribution in [1.82, 2.24) is 5.32 Å². The molecule has 0 aromatic heterocycles. The molecule has 1 aromatic rings. The van der Waals surface area contributed by atoms with Gasteiger partial charge in [0.1, 0.15) is 0 Å². The molecule has 0 aliphatic carbocycles. The van der Waals surface area contributed by atoms with Gasteiger partial charge in [-0.05, 0) is 38.7 Å². The maximum absolute atomic E-state index is 11.4. The lowest BCUT2D eigenvalue weighted by Gasteiger charge is -2.32. The zero-order chi connectivity index (χ0) is 15.0. The molecular formula is C15H22BNO3. The first-order chi connectivity index (χ1) is 9.25. The lowest BCUT2D eigenvalue weighted by Crippen LogP contribution is -2.41. The van der Waals surface area contributed by atoms with Crippen LogP contribution in [-0.4, -0.2) is 31.3 Å². The van der Waals surface area contributed by atoms with Gasteiger partial charge in [0.05, 0.1) is 17.6 Å². The van der Waals surface area contributed by atoms with Gasteiger partial charge in [0, 0.05) is 7.05 Å². The molecule has 1 saturated heterocycles.